The first-order valence-corrected chi connectivity index (χ1v) is 6.94. The Morgan fingerprint density at radius 3 is 2.83 bits per heavy atom. The molecule has 0 saturated heterocycles. The number of hydrogen-bond donors (Lipinski definition) is 1. The maximum absolute atomic E-state index is 5.55. The van der Waals surface area contributed by atoms with Crippen LogP contribution in [0.1, 0.15) is 26.3 Å². The minimum absolute atomic E-state index is 0.441. The summed E-state index contributed by atoms with van der Waals surface area (Å²) in [6.07, 6.45) is 0. The van der Waals surface area contributed by atoms with Crippen LogP contribution < -0.4 is 10.1 Å². The van der Waals surface area contributed by atoms with Crippen molar-refractivity contribution in [2.24, 2.45) is 5.92 Å². The van der Waals surface area contributed by atoms with Gasteiger partial charge in [-0.3, -0.25) is 0 Å². The Kier molecular flexibility index (Phi) is 6.85. The molecule has 0 fully saturated rings. The monoisotopic (exact) mass is 309 g/mol. The first-order valence-electron chi connectivity index (χ1n) is 6.15. The fourth-order valence-corrected chi connectivity index (χ4v) is 1.85. The zero-order chi connectivity index (χ0) is 13.4. The second kappa shape index (κ2) is 8.18. The van der Waals surface area contributed by atoms with Crippen LogP contribution in [0, 0.1) is 17.8 Å². The summed E-state index contributed by atoms with van der Waals surface area (Å²) < 4.78 is 6.65. The van der Waals surface area contributed by atoms with Gasteiger partial charge in [0.05, 0.1) is 0 Å². The molecular weight excluding hydrogens is 290 g/mol. The second-order valence-electron chi connectivity index (χ2n) is 4.49. The molecule has 98 valence electrons. The number of hydrogen-bond acceptors (Lipinski definition) is 2. The zero-order valence-electron chi connectivity index (χ0n) is 11.2. The van der Waals surface area contributed by atoms with Crippen molar-refractivity contribution >= 4 is 15.9 Å². The molecule has 2 nitrogen and oxygen atoms in total. The summed E-state index contributed by atoms with van der Waals surface area (Å²) in [5.41, 5.74) is 1.21. The fraction of sp³-hybridized carbons (Fsp3) is 0.467. The third-order valence-corrected chi connectivity index (χ3v) is 3.15. The standard InChI is InChI=1S/C15H20BrNO/c1-4-5-8-18-14-6-7-15(16)13(9-14)11-17-10-12(2)3/h6-7,9,12,17H,8,10-11H2,1-3H3. The highest BCUT2D eigenvalue weighted by atomic mass is 79.9. The molecule has 0 amide bonds. The van der Waals surface area contributed by atoms with Crippen molar-refractivity contribution in [3.05, 3.63) is 28.2 Å². The van der Waals surface area contributed by atoms with Gasteiger partial charge >= 0.3 is 0 Å². The molecule has 0 aliphatic rings. The van der Waals surface area contributed by atoms with Crippen LogP contribution in [0.15, 0.2) is 22.7 Å². The van der Waals surface area contributed by atoms with Crippen molar-refractivity contribution in [1.82, 2.24) is 5.32 Å². The van der Waals surface area contributed by atoms with Gasteiger partial charge in [-0.15, -0.1) is 5.92 Å². The first kappa shape index (κ1) is 15.1. The summed E-state index contributed by atoms with van der Waals surface area (Å²) in [7, 11) is 0. The Morgan fingerprint density at radius 2 is 2.17 bits per heavy atom. The highest BCUT2D eigenvalue weighted by Gasteiger charge is 2.03. The molecule has 0 bridgehead atoms. The Hall–Kier alpha value is -0.980. The third kappa shape index (κ3) is 5.57. The van der Waals surface area contributed by atoms with Crippen molar-refractivity contribution < 1.29 is 4.74 Å². The summed E-state index contributed by atoms with van der Waals surface area (Å²) in [4.78, 5) is 0. The van der Waals surface area contributed by atoms with Gasteiger partial charge in [-0.2, -0.15) is 0 Å². The molecule has 0 unspecified atom stereocenters. The summed E-state index contributed by atoms with van der Waals surface area (Å²) in [6, 6.07) is 6.02. The van der Waals surface area contributed by atoms with Gasteiger partial charge in [0.1, 0.15) is 12.4 Å². The molecule has 0 aliphatic carbocycles. The molecule has 0 atom stereocenters. The molecule has 3 heteroatoms. The smallest absolute Gasteiger partial charge is 0.149 e. The molecule has 0 aliphatic heterocycles. The van der Waals surface area contributed by atoms with E-state index >= 15 is 0 Å². The number of ether oxygens (including phenoxy) is 1. The summed E-state index contributed by atoms with van der Waals surface area (Å²) in [5.74, 6) is 7.22. The SMILES string of the molecule is CC#CCOc1ccc(Br)c(CNCC(C)C)c1. The van der Waals surface area contributed by atoms with Gasteiger partial charge in [0.15, 0.2) is 0 Å². The molecule has 1 rings (SSSR count). The molecule has 0 saturated carbocycles. The van der Waals surface area contributed by atoms with Crippen LogP contribution in [-0.2, 0) is 6.54 Å². The zero-order valence-corrected chi connectivity index (χ0v) is 12.8. The van der Waals surface area contributed by atoms with Crippen LogP contribution >= 0.6 is 15.9 Å². The normalized spacial score (nSPS) is 10.1. The van der Waals surface area contributed by atoms with Crippen molar-refractivity contribution in [2.45, 2.75) is 27.3 Å². The van der Waals surface area contributed by atoms with Gasteiger partial charge in [-0.25, -0.2) is 0 Å². The highest BCUT2D eigenvalue weighted by molar-refractivity contribution is 9.10. The number of rotatable bonds is 6. The largest absolute Gasteiger partial charge is 0.481 e. The third-order valence-electron chi connectivity index (χ3n) is 2.37. The van der Waals surface area contributed by atoms with Crippen molar-refractivity contribution in [2.75, 3.05) is 13.2 Å². The second-order valence-corrected chi connectivity index (χ2v) is 5.35. The van der Waals surface area contributed by atoms with Crippen molar-refractivity contribution in [1.29, 1.82) is 0 Å². The lowest BCUT2D eigenvalue weighted by molar-refractivity contribution is 0.369. The van der Waals surface area contributed by atoms with Crippen LogP contribution in [-0.4, -0.2) is 13.2 Å². The van der Waals surface area contributed by atoms with Gasteiger partial charge in [0, 0.05) is 11.0 Å². The lowest BCUT2D eigenvalue weighted by Gasteiger charge is -2.10. The number of nitrogens with one attached hydrogen (secondary N) is 1. The lowest BCUT2D eigenvalue weighted by atomic mass is 10.2. The van der Waals surface area contributed by atoms with Gasteiger partial charge in [-0.1, -0.05) is 35.7 Å². The average Bonchev–Trinajstić information content (AvgIpc) is 2.33. The predicted octanol–water partition coefficient (Wildman–Crippen LogP) is 3.60. The van der Waals surface area contributed by atoms with E-state index in [1.165, 1.54) is 5.56 Å². The Labute approximate surface area is 118 Å². The fourth-order valence-electron chi connectivity index (χ4n) is 1.46. The maximum atomic E-state index is 5.55. The minimum atomic E-state index is 0.441. The van der Waals surface area contributed by atoms with E-state index < -0.39 is 0 Å². The van der Waals surface area contributed by atoms with E-state index in [4.69, 9.17) is 4.74 Å². The quantitative estimate of drug-likeness (QED) is 0.811. The summed E-state index contributed by atoms with van der Waals surface area (Å²) >= 11 is 3.56. The van der Waals surface area contributed by atoms with Gasteiger partial charge in [0.25, 0.3) is 0 Å². The van der Waals surface area contributed by atoms with E-state index in [9.17, 15) is 0 Å². The molecule has 1 N–H and O–H groups in total. The lowest BCUT2D eigenvalue weighted by Crippen LogP contribution is -2.19. The van der Waals surface area contributed by atoms with Gasteiger partial charge in [0.2, 0.25) is 0 Å². The molecule has 0 spiro atoms. The van der Waals surface area contributed by atoms with Gasteiger partial charge in [-0.05, 0) is 43.1 Å². The van der Waals surface area contributed by atoms with Crippen LogP contribution in [0.5, 0.6) is 5.75 Å². The number of benzene rings is 1. The van der Waals surface area contributed by atoms with E-state index in [1.807, 2.05) is 19.1 Å². The van der Waals surface area contributed by atoms with Gasteiger partial charge < -0.3 is 10.1 Å². The topological polar surface area (TPSA) is 21.3 Å². The van der Waals surface area contributed by atoms with Crippen molar-refractivity contribution in [3.63, 3.8) is 0 Å². The number of halogens is 1. The average molecular weight is 310 g/mol. The van der Waals surface area contributed by atoms with Crippen LogP contribution in [0.3, 0.4) is 0 Å². The molecule has 0 heterocycles. The van der Waals surface area contributed by atoms with E-state index in [2.05, 4.69) is 53.0 Å². The van der Waals surface area contributed by atoms with Crippen molar-refractivity contribution in [3.8, 4) is 17.6 Å². The van der Waals surface area contributed by atoms with Crippen LogP contribution in [0.4, 0.5) is 0 Å². The van der Waals surface area contributed by atoms with E-state index in [0.29, 0.717) is 12.5 Å². The molecule has 1 aromatic carbocycles. The summed E-state index contributed by atoms with van der Waals surface area (Å²) in [6.45, 7) is 8.51. The molecular formula is C15H20BrNO. The summed E-state index contributed by atoms with van der Waals surface area (Å²) in [5, 5.41) is 3.42. The highest BCUT2D eigenvalue weighted by Crippen LogP contribution is 2.22. The predicted molar refractivity (Wildman–Crippen MR) is 79.6 cm³/mol. The van der Waals surface area contributed by atoms with Crippen LogP contribution in [0.25, 0.3) is 0 Å². The van der Waals surface area contributed by atoms with E-state index in [1.54, 1.807) is 0 Å². The minimum Gasteiger partial charge on any atom is -0.481 e. The molecule has 1 aromatic rings. The molecule has 18 heavy (non-hydrogen) atoms. The maximum Gasteiger partial charge on any atom is 0.149 e. The first-order chi connectivity index (χ1) is 8.63. The van der Waals surface area contributed by atoms with Crippen LogP contribution in [0.2, 0.25) is 0 Å². The Morgan fingerprint density at radius 1 is 1.39 bits per heavy atom. The van der Waals surface area contributed by atoms with E-state index in [0.717, 1.165) is 23.3 Å². The Balaban J connectivity index is 2.59. The Bertz CT molecular complexity index is 432. The molecule has 0 radical (unpaired) electrons. The van der Waals surface area contributed by atoms with E-state index in [-0.39, 0.29) is 0 Å². The molecule has 0 aromatic heterocycles.